The number of benzene rings is 2. The van der Waals surface area contributed by atoms with Crippen molar-refractivity contribution in [1.82, 2.24) is 10.6 Å². The normalized spacial score (nSPS) is 16.0. The van der Waals surface area contributed by atoms with E-state index in [1.165, 1.54) is 29.5 Å². The van der Waals surface area contributed by atoms with E-state index < -0.39 is 0 Å². The van der Waals surface area contributed by atoms with E-state index in [1.54, 1.807) is 0 Å². The molecule has 1 heterocycles. The van der Waals surface area contributed by atoms with Crippen LogP contribution in [0, 0.1) is 0 Å². The first kappa shape index (κ1) is 14.6. The van der Waals surface area contributed by atoms with Crippen LogP contribution in [0.4, 0.5) is 0 Å². The van der Waals surface area contributed by atoms with Crippen molar-refractivity contribution in [2.24, 2.45) is 0 Å². The minimum atomic E-state index is 0.640. The zero-order valence-corrected chi connectivity index (χ0v) is 12.9. The molecule has 1 aliphatic heterocycles. The van der Waals surface area contributed by atoms with Gasteiger partial charge in [-0.3, -0.25) is 0 Å². The lowest BCUT2D eigenvalue weighted by molar-refractivity contribution is 0.386. The van der Waals surface area contributed by atoms with Crippen LogP contribution >= 0.6 is 11.6 Å². The van der Waals surface area contributed by atoms with Gasteiger partial charge in [0.2, 0.25) is 0 Å². The SMILES string of the molecule is Clc1cccc(-c2cccc(CNC3CCNCC3)c2)c1. The molecule has 0 aliphatic carbocycles. The molecule has 110 valence electrons. The van der Waals surface area contributed by atoms with E-state index in [-0.39, 0.29) is 0 Å². The maximum Gasteiger partial charge on any atom is 0.0412 e. The van der Waals surface area contributed by atoms with Crippen LogP contribution in [0.25, 0.3) is 11.1 Å². The quantitative estimate of drug-likeness (QED) is 0.896. The first-order valence-electron chi connectivity index (χ1n) is 7.60. The molecule has 2 aromatic carbocycles. The minimum absolute atomic E-state index is 0.640. The fraction of sp³-hybridized carbons (Fsp3) is 0.333. The molecule has 0 atom stereocenters. The van der Waals surface area contributed by atoms with Crippen LogP contribution in [-0.2, 0) is 6.54 Å². The third-order valence-electron chi connectivity index (χ3n) is 4.02. The van der Waals surface area contributed by atoms with E-state index in [0.29, 0.717) is 6.04 Å². The molecule has 21 heavy (non-hydrogen) atoms. The number of halogens is 1. The number of rotatable bonds is 4. The summed E-state index contributed by atoms with van der Waals surface area (Å²) in [5, 5.41) is 7.84. The van der Waals surface area contributed by atoms with Gasteiger partial charge in [-0.1, -0.05) is 41.9 Å². The molecule has 0 radical (unpaired) electrons. The Balaban J connectivity index is 1.68. The third kappa shape index (κ3) is 4.07. The lowest BCUT2D eigenvalue weighted by atomic mass is 10.0. The van der Waals surface area contributed by atoms with Gasteiger partial charge in [-0.15, -0.1) is 0 Å². The Labute approximate surface area is 131 Å². The third-order valence-corrected chi connectivity index (χ3v) is 4.25. The summed E-state index contributed by atoms with van der Waals surface area (Å²) in [4.78, 5) is 0. The number of piperidine rings is 1. The van der Waals surface area contributed by atoms with Gasteiger partial charge in [0.25, 0.3) is 0 Å². The van der Waals surface area contributed by atoms with Crippen molar-refractivity contribution in [2.75, 3.05) is 13.1 Å². The Kier molecular flexibility index (Phi) is 4.91. The molecule has 0 saturated carbocycles. The molecule has 2 aromatic rings. The van der Waals surface area contributed by atoms with Crippen molar-refractivity contribution < 1.29 is 0 Å². The molecule has 0 aromatic heterocycles. The van der Waals surface area contributed by atoms with Gasteiger partial charge in [-0.2, -0.15) is 0 Å². The molecule has 0 amide bonds. The summed E-state index contributed by atoms with van der Waals surface area (Å²) in [6.07, 6.45) is 2.43. The fourth-order valence-electron chi connectivity index (χ4n) is 2.82. The lowest BCUT2D eigenvalue weighted by Crippen LogP contribution is -2.39. The van der Waals surface area contributed by atoms with Crippen LogP contribution in [0.2, 0.25) is 5.02 Å². The lowest BCUT2D eigenvalue weighted by Gasteiger charge is -2.23. The fourth-order valence-corrected chi connectivity index (χ4v) is 3.01. The van der Waals surface area contributed by atoms with E-state index in [2.05, 4.69) is 41.0 Å². The Bertz CT molecular complexity index is 591. The predicted molar refractivity (Wildman–Crippen MR) is 89.6 cm³/mol. The number of hydrogen-bond acceptors (Lipinski definition) is 2. The molecule has 0 spiro atoms. The summed E-state index contributed by atoms with van der Waals surface area (Å²) in [6, 6.07) is 17.4. The first-order chi connectivity index (χ1) is 10.3. The maximum absolute atomic E-state index is 6.08. The average Bonchev–Trinajstić information content (AvgIpc) is 2.54. The van der Waals surface area contributed by atoms with Gasteiger partial charge in [0.15, 0.2) is 0 Å². The zero-order chi connectivity index (χ0) is 14.5. The summed E-state index contributed by atoms with van der Waals surface area (Å²) in [5.41, 5.74) is 3.72. The standard InChI is InChI=1S/C18H21ClN2/c19-17-6-2-5-16(12-17)15-4-1-3-14(11-15)13-21-18-7-9-20-10-8-18/h1-6,11-12,18,20-21H,7-10,13H2. The predicted octanol–water partition coefficient (Wildman–Crippen LogP) is 3.85. The van der Waals surface area contributed by atoms with E-state index in [4.69, 9.17) is 11.6 Å². The molecule has 0 bridgehead atoms. The van der Waals surface area contributed by atoms with Crippen LogP contribution in [0.5, 0.6) is 0 Å². The Morgan fingerprint density at radius 3 is 2.48 bits per heavy atom. The summed E-state index contributed by atoms with van der Waals surface area (Å²) in [6.45, 7) is 3.18. The Hall–Kier alpha value is -1.35. The molecule has 2 N–H and O–H groups in total. The highest BCUT2D eigenvalue weighted by atomic mass is 35.5. The molecule has 1 saturated heterocycles. The van der Waals surface area contributed by atoms with E-state index in [1.807, 2.05) is 18.2 Å². The van der Waals surface area contributed by atoms with Crippen LogP contribution in [0.1, 0.15) is 18.4 Å². The largest absolute Gasteiger partial charge is 0.317 e. The molecule has 3 heteroatoms. The van der Waals surface area contributed by atoms with Gasteiger partial charge >= 0.3 is 0 Å². The van der Waals surface area contributed by atoms with Crippen LogP contribution in [-0.4, -0.2) is 19.1 Å². The smallest absolute Gasteiger partial charge is 0.0412 e. The van der Waals surface area contributed by atoms with E-state index in [0.717, 1.165) is 24.7 Å². The van der Waals surface area contributed by atoms with Gasteiger partial charge in [-0.05, 0) is 60.8 Å². The monoisotopic (exact) mass is 300 g/mol. The summed E-state index contributed by atoms with van der Waals surface area (Å²) in [5.74, 6) is 0. The van der Waals surface area contributed by atoms with Crippen molar-refractivity contribution >= 4 is 11.6 Å². The second kappa shape index (κ2) is 7.08. The topological polar surface area (TPSA) is 24.1 Å². The van der Waals surface area contributed by atoms with Gasteiger partial charge in [-0.25, -0.2) is 0 Å². The highest BCUT2D eigenvalue weighted by Gasteiger charge is 2.11. The van der Waals surface area contributed by atoms with Crippen molar-refractivity contribution in [3.05, 3.63) is 59.1 Å². The van der Waals surface area contributed by atoms with Crippen molar-refractivity contribution in [1.29, 1.82) is 0 Å². The summed E-state index contributed by atoms with van der Waals surface area (Å²) in [7, 11) is 0. The van der Waals surface area contributed by atoms with E-state index in [9.17, 15) is 0 Å². The van der Waals surface area contributed by atoms with Crippen molar-refractivity contribution in [3.8, 4) is 11.1 Å². The highest BCUT2D eigenvalue weighted by Crippen LogP contribution is 2.23. The molecular weight excluding hydrogens is 280 g/mol. The van der Waals surface area contributed by atoms with E-state index >= 15 is 0 Å². The molecule has 3 rings (SSSR count). The minimum Gasteiger partial charge on any atom is -0.317 e. The summed E-state index contributed by atoms with van der Waals surface area (Å²) < 4.78 is 0. The van der Waals surface area contributed by atoms with Crippen LogP contribution in [0.15, 0.2) is 48.5 Å². The van der Waals surface area contributed by atoms with Gasteiger partial charge in [0, 0.05) is 17.6 Å². The molecule has 1 fully saturated rings. The summed E-state index contributed by atoms with van der Waals surface area (Å²) >= 11 is 6.08. The van der Waals surface area contributed by atoms with Gasteiger partial charge in [0.05, 0.1) is 0 Å². The molecule has 1 aliphatic rings. The maximum atomic E-state index is 6.08. The van der Waals surface area contributed by atoms with Gasteiger partial charge < -0.3 is 10.6 Å². The molecular formula is C18H21ClN2. The average molecular weight is 301 g/mol. The number of nitrogens with one attached hydrogen (secondary N) is 2. The van der Waals surface area contributed by atoms with Crippen molar-refractivity contribution in [3.63, 3.8) is 0 Å². The molecule has 2 nitrogen and oxygen atoms in total. The molecule has 0 unspecified atom stereocenters. The number of hydrogen-bond donors (Lipinski definition) is 2. The van der Waals surface area contributed by atoms with Crippen molar-refractivity contribution in [2.45, 2.75) is 25.4 Å². The second-order valence-electron chi connectivity index (χ2n) is 5.62. The van der Waals surface area contributed by atoms with Crippen LogP contribution in [0.3, 0.4) is 0 Å². The van der Waals surface area contributed by atoms with Crippen LogP contribution < -0.4 is 10.6 Å². The second-order valence-corrected chi connectivity index (χ2v) is 6.05. The Morgan fingerprint density at radius 1 is 1.00 bits per heavy atom. The highest BCUT2D eigenvalue weighted by molar-refractivity contribution is 6.30. The van der Waals surface area contributed by atoms with Gasteiger partial charge in [0.1, 0.15) is 0 Å². The Morgan fingerprint density at radius 2 is 1.71 bits per heavy atom. The first-order valence-corrected chi connectivity index (χ1v) is 7.98. The zero-order valence-electron chi connectivity index (χ0n) is 12.1.